The molecule has 1 aliphatic carbocycles. The molecular weight excluding hydrogens is 328 g/mol. The Morgan fingerprint density at radius 3 is 2.50 bits per heavy atom. The summed E-state index contributed by atoms with van der Waals surface area (Å²) in [6.45, 7) is 11.5. The van der Waals surface area contributed by atoms with Crippen LogP contribution in [0.4, 0.5) is 0 Å². The van der Waals surface area contributed by atoms with Gasteiger partial charge in [-0.3, -0.25) is 4.79 Å². The number of carbonyl (C=O) groups excluding carboxylic acids is 1. The molecule has 0 unspecified atom stereocenters. The second-order valence-corrected chi connectivity index (χ2v) is 7.38. The topological polar surface area (TPSA) is 66.8 Å². The Kier molecular flexibility index (Phi) is 9.60. The van der Waals surface area contributed by atoms with E-state index < -0.39 is 12.2 Å². The molecule has 0 aromatic rings. The number of hydrogen-bond donors (Lipinski definition) is 2. The van der Waals surface area contributed by atoms with Gasteiger partial charge in [0.15, 0.2) is 0 Å². The summed E-state index contributed by atoms with van der Waals surface area (Å²) in [5, 5.41) is 21.1. The number of carbonyl (C=O) groups is 1. The standard InChI is InChI=1S/C22H34O4/c1-15(2)20-11-9-16(3)7-6-8-17(4)21(24)12-10-19(13-22(20)25)14-26-18(5)23/h7-8,13,20-22,24-25H,1,6,9-12,14H2,2-5H3/b16-7+,17-8-,19-13?/t20-,21-,22+/m1/s1. The molecule has 0 bridgehead atoms. The van der Waals surface area contributed by atoms with Crippen LogP contribution in [0.3, 0.4) is 0 Å². The lowest BCUT2D eigenvalue weighted by molar-refractivity contribution is -0.140. The lowest BCUT2D eigenvalue weighted by Crippen LogP contribution is -2.21. The largest absolute Gasteiger partial charge is 0.461 e. The van der Waals surface area contributed by atoms with Gasteiger partial charge in [-0.25, -0.2) is 0 Å². The van der Waals surface area contributed by atoms with Gasteiger partial charge >= 0.3 is 5.97 Å². The molecule has 26 heavy (non-hydrogen) atoms. The van der Waals surface area contributed by atoms with E-state index in [9.17, 15) is 15.0 Å². The zero-order valence-electron chi connectivity index (χ0n) is 16.6. The summed E-state index contributed by atoms with van der Waals surface area (Å²) in [4.78, 5) is 11.2. The fourth-order valence-corrected chi connectivity index (χ4v) is 3.08. The highest BCUT2D eigenvalue weighted by Gasteiger charge is 2.20. The normalized spacial score (nSPS) is 30.1. The second-order valence-electron chi connectivity index (χ2n) is 7.38. The predicted octanol–water partition coefficient (Wildman–Crippen LogP) is 4.25. The summed E-state index contributed by atoms with van der Waals surface area (Å²) in [7, 11) is 0. The third kappa shape index (κ3) is 8.15. The van der Waals surface area contributed by atoms with Gasteiger partial charge in [-0.1, -0.05) is 36.0 Å². The number of allylic oxidation sites excluding steroid dienone is 3. The van der Waals surface area contributed by atoms with Crippen LogP contribution in [0, 0.1) is 5.92 Å². The summed E-state index contributed by atoms with van der Waals surface area (Å²) >= 11 is 0. The van der Waals surface area contributed by atoms with Crippen LogP contribution in [0.25, 0.3) is 0 Å². The molecule has 0 aromatic carbocycles. The van der Waals surface area contributed by atoms with E-state index >= 15 is 0 Å². The SMILES string of the molecule is C=C(C)[C@H]1CC/C(C)=C/C/C=C(/C)[C@H](O)CCC(COC(C)=O)=C[C@@H]1O. The third-order valence-corrected chi connectivity index (χ3v) is 4.93. The number of aliphatic hydroxyl groups is 2. The molecule has 0 amide bonds. The van der Waals surface area contributed by atoms with Crippen molar-refractivity contribution in [2.24, 2.45) is 5.92 Å². The van der Waals surface area contributed by atoms with Gasteiger partial charge in [0.1, 0.15) is 6.61 Å². The van der Waals surface area contributed by atoms with Crippen LogP contribution in [0.1, 0.15) is 59.8 Å². The van der Waals surface area contributed by atoms with Gasteiger partial charge in [0, 0.05) is 12.8 Å². The Morgan fingerprint density at radius 2 is 1.88 bits per heavy atom. The maximum Gasteiger partial charge on any atom is 0.302 e. The van der Waals surface area contributed by atoms with Crippen LogP contribution in [-0.4, -0.2) is 35.0 Å². The van der Waals surface area contributed by atoms with Crippen molar-refractivity contribution < 1.29 is 19.7 Å². The molecule has 0 spiro atoms. The van der Waals surface area contributed by atoms with E-state index in [2.05, 4.69) is 25.7 Å². The highest BCUT2D eigenvalue weighted by molar-refractivity contribution is 5.66. The van der Waals surface area contributed by atoms with Crippen LogP contribution in [0.5, 0.6) is 0 Å². The molecule has 0 fully saturated rings. The van der Waals surface area contributed by atoms with Crippen molar-refractivity contribution >= 4 is 5.97 Å². The fraction of sp³-hybridized carbons (Fsp3) is 0.591. The zero-order chi connectivity index (χ0) is 19.7. The van der Waals surface area contributed by atoms with Crippen LogP contribution in [0.2, 0.25) is 0 Å². The van der Waals surface area contributed by atoms with Gasteiger partial charge in [-0.2, -0.15) is 0 Å². The minimum Gasteiger partial charge on any atom is -0.461 e. The monoisotopic (exact) mass is 362 g/mol. The Balaban J connectivity index is 3.09. The van der Waals surface area contributed by atoms with Gasteiger partial charge < -0.3 is 14.9 Å². The van der Waals surface area contributed by atoms with Crippen LogP contribution >= 0.6 is 0 Å². The van der Waals surface area contributed by atoms with Crippen LogP contribution < -0.4 is 0 Å². The maximum atomic E-state index is 11.2. The van der Waals surface area contributed by atoms with Crippen LogP contribution in [-0.2, 0) is 9.53 Å². The Hall–Kier alpha value is -1.65. The predicted molar refractivity (Wildman–Crippen MR) is 106 cm³/mol. The van der Waals surface area contributed by atoms with Crippen molar-refractivity contribution in [1.29, 1.82) is 0 Å². The number of aliphatic hydroxyl groups excluding tert-OH is 2. The Labute approximate surface area is 158 Å². The van der Waals surface area contributed by atoms with Crippen molar-refractivity contribution in [2.75, 3.05) is 6.61 Å². The second kappa shape index (κ2) is 11.1. The maximum absolute atomic E-state index is 11.2. The molecule has 0 aromatic heterocycles. The zero-order valence-corrected chi connectivity index (χ0v) is 16.6. The van der Waals surface area contributed by atoms with E-state index in [1.54, 1.807) is 6.08 Å². The summed E-state index contributed by atoms with van der Waals surface area (Å²) in [6.07, 6.45) is 8.38. The molecule has 4 heteroatoms. The molecule has 0 saturated heterocycles. The lowest BCUT2D eigenvalue weighted by atomic mass is 9.87. The molecule has 4 nitrogen and oxygen atoms in total. The molecule has 2 N–H and O–H groups in total. The van der Waals surface area contributed by atoms with E-state index in [0.717, 1.165) is 36.0 Å². The number of hydrogen-bond acceptors (Lipinski definition) is 4. The smallest absolute Gasteiger partial charge is 0.302 e. The van der Waals surface area contributed by atoms with Crippen molar-refractivity contribution in [1.82, 2.24) is 0 Å². The van der Waals surface area contributed by atoms with E-state index in [1.165, 1.54) is 12.5 Å². The highest BCUT2D eigenvalue weighted by Crippen LogP contribution is 2.25. The third-order valence-electron chi connectivity index (χ3n) is 4.93. The number of ether oxygens (including phenoxy) is 1. The first-order chi connectivity index (χ1) is 12.2. The van der Waals surface area contributed by atoms with Crippen molar-refractivity contribution in [3.63, 3.8) is 0 Å². The van der Waals surface area contributed by atoms with Gasteiger partial charge in [0.2, 0.25) is 0 Å². The minimum atomic E-state index is -0.678. The summed E-state index contributed by atoms with van der Waals surface area (Å²) in [5.41, 5.74) is 3.98. The molecule has 1 aliphatic rings. The average Bonchev–Trinajstić information content (AvgIpc) is 2.55. The first-order valence-electron chi connectivity index (χ1n) is 9.37. The molecule has 1 rings (SSSR count). The van der Waals surface area contributed by atoms with Gasteiger partial charge in [0.25, 0.3) is 0 Å². The first kappa shape index (κ1) is 22.4. The number of esters is 1. The quantitative estimate of drug-likeness (QED) is 0.582. The van der Waals surface area contributed by atoms with Crippen molar-refractivity contribution in [3.8, 4) is 0 Å². The molecular formula is C22H34O4. The van der Waals surface area contributed by atoms with Crippen LogP contribution in [0.15, 0.2) is 47.1 Å². The Morgan fingerprint density at radius 1 is 1.19 bits per heavy atom. The van der Waals surface area contributed by atoms with E-state index in [4.69, 9.17) is 4.74 Å². The molecule has 3 atom stereocenters. The summed E-state index contributed by atoms with van der Waals surface area (Å²) in [5.74, 6) is -0.399. The minimum absolute atomic E-state index is 0.0455. The van der Waals surface area contributed by atoms with Crippen molar-refractivity contribution in [2.45, 2.75) is 72.0 Å². The van der Waals surface area contributed by atoms with Crippen molar-refractivity contribution in [3.05, 3.63) is 47.1 Å². The fourth-order valence-electron chi connectivity index (χ4n) is 3.08. The van der Waals surface area contributed by atoms with E-state index in [-0.39, 0.29) is 18.5 Å². The Bertz CT molecular complexity index is 583. The lowest BCUT2D eigenvalue weighted by Gasteiger charge is -2.23. The molecule has 0 saturated carbocycles. The van der Waals surface area contributed by atoms with E-state index in [1.807, 2.05) is 13.8 Å². The average molecular weight is 363 g/mol. The van der Waals surface area contributed by atoms with E-state index in [0.29, 0.717) is 12.8 Å². The molecule has 146 valence electrons. The van der Waals surface area contributed by atoms with Gasteiger partial charge in [0.05, 0.1) is 12.2 Å². The first-order valence-corrected chi connectivity index (χ1v) is 9.37. The van der Waals surface area contributed by atoms with Gasteiger partial charge in [-0.05, 0) is 64.0 Å². The number of rotatable bonds is 3. The molecule has 0 aliphatic heterocycles. The molecule has 0 radical (unpaired) electrons. The molecule has 0 heterocycles. The van der Waals surface area contributed by atoms with Gasteiger partial charge in [-0.15, -0.1) is 0 Å². The summed E-state index contributed by atoms with van der Waals surface area (Å²) < 4.78 is 5.13. The summed E-state index contributed by atoms with van der Waals surface area (Å²) in [6, 6.07) is 0. The highest BCUT2D eigenvalue weighted by atomic mass is 16.5.